The summed E-state index contributed by atoms with van der Waals surface area (Å²) in [5, 5.41) is 10.9. The maximum absolute atomic E-state index is 12.3. The first kappa shape index (κ1) is 16.1. The molecule has 0 aliphatic rings. The van der Waals surface area contributed by atoms with Gasteiger partial charge in [-0.2, -0.15) is 0 Å². The van der Waals surface area contributed by atoms with Gasteiger partial charge in [0.15, 0.2) is 0 Å². The molecule has 22 heavy (non-hydrogen) atoms. The number of benzene rings is 1. The number of aromatic hydroxyl groups is 1. The highest BCUT2D eigenvalue weighted by Gasteiger charge is 2.22. The quantitative estimate of drug-likeness (QED) is 0.669. The lowest BCUT2D eigenvalue weighted by Crippen LogP contribution is -2.22. The fraction of sp³-hybridized carbons (Fsp3) is 0.316. The third-order valence-corrected chi connectivity index (χ3v) is 3.90. The predicted octanol–water partition coefficient (Wildman–Crippen LogP) is 4.47. The molecule has 0 amide bonds. The first-order chi connectivity index (χ1) is 10.3. The van der Waals surface area contributed by atoms with Crippen molar-refractivity contribution in [3.63, 3.8) is 0 Å². The molecule has 0 aliphatic heterocycles. The van der Waals surface area contributed by atoms with Crippen molar-refractivity contribution in [3.05, 3.63) is 64.1 Å². The molecule has 2 rings (SSSR count). The van der Waals surface area contributed by atoms with E-state index in [1.165, 1.54) is 0 Å². The van der Waals surface area contributed by atoms with Gasteiger partial charge in [-0.1, -0.05) is 31.6 Å². The fourth-order valence-electron chi connectivity index (χ4n) is 2.29. The summed E-state index contributed by atoms with van der Waals surface area (Å²) < 4.78 is 5.53. The molecule has 0 saturated heterocycles. The molecule has 0 saturated carbocycles. The second-order valence-electron chi connectivity index (χ2n) is 6.34. The summed E-state index contributed by atoms with van der Waals surface area (Å²) in [6, 6.07) is 5.23. The lowest BCUT2D eigenvalue weighted by molar-refractivity contribution is 0.465. The number of fused-ring (bicyclic) bond motifs is 1. The van der Waals surface area contributed by atoms with Gasteiger partial charge in [-0.3, -0.25) is 0 Å². The van der Waals surface area contributed by atoms with Crippen molar-refractivity contribution in [1.29, 1.82) is 0 Å². The molecule has 116 valence electrons. The van der Waals surface area contributed by atoms with E-state index in [0.29, 0.717) is 23.1 Å². The molecule has 0 aliphatic carbocycles. The molecule has 0 atom stereocenters. The number of allylic oxidation sites excluding steroid dienone is 3. The summed E-state index contributed by atoms with van der Waals surface area (Å²) in [6.45, 7) is 11.6. The summed E-state index contributed by atoms with van der Waals surface area (Å²) in [4.78, 5) is 12.3. The molecule has 0 bridgehead atoms. The average Bonchev–Trinajstić information content (AvgIpc) is 2.45. The van der Waals surface area contributed by atoms with Crippen molar-refractivity contribution in [2.24, 2.45) is 0 Å². The zero-order valence-electron chi connectivity index (χ0n) is 13.6. The van der Waals surface area contributed by atoms with Gasteiger partial charge in [-0.15, -0.1) is 6.58 Å². The van der Waals surface area contributed by atoms with E-state index >= 15 is 0 Å². The number of rotatable bonds is 4. The average molecular weight is 298 g/mol. The molecular weight excluding hydrogens is 276 g/mol. The van der Waals surface area contributed by atoms with E-state index in [4.69, 9.17) is 4.42 Å². The van der Waals surface area contributed by atoms with E-state index < -0.39 is 5.41 Å². The van der Waals surface area contributed by atoms with Gasteiger partial charge >= 0.3 is 5.63 Å². The molecule has 3 nitrogen and oxygen atoms in total. The summed E-state index contributed by atoms with van der Waals surface area (Å²) >= 11 is 0. The molecule has 0 radical (unpaired) electrons. The smallest absolute Gasteiger partial charge is 0.340 e. The second kappa shape index (κ2) is 5.84. The predicted molar refractivity (Wildman–Crippen MR) is 90.5 cm³/mol. The molecule has 2 aromatic rings. The first-order valence-corrected chi connectivity index (χ1v) is 7.32. The fourth-order valence-corrected chi connectivity index (χ4v) is 2.29. The van der Waals surface area contributed by atoms with E-state index in [1.54, 1.807) is 18.2 Å². The molecule has 1 N–H and O–H groups in total. The largest absolute Gasteiger partial charge is 0.508 e. The topological polar surface area (TPSA) is 50.4 Å². The molecule has 0 spiro atoms. The van der Waals surface area contributed by atoms with E-state index in [0.717, 1.165) is 11.0 Å². The summed E-state index contributed by atoms with van der Waals surface area (Å²) in [5.74, 6) is 0.142. The van der Waals surface area contributed by atoms with Gasteiger partial charge in [0.05, 0.1) is 0 Å². The van der Waals surface area contributed by atoms with Gasteiger partial charge < -0.3 is 9.52 Å². The van der Waals surface area contributed by atoms with Gasteiger partial charge in [-0.25, -0.2) is 4.79 Å². The van der Waals surface area contributed by atoms with Crippen molar-refractivity contribution >= 4 is 11.0 Å². The minimum Gasteiger partial charge on any atom is -0.508 e. The van der Waals surface area contributed by atoms with Crippen LogP contribution < -0.4 is 5.63 Å². The summed E-state index contributed by atoms with van der Waals surface area (Å²) in [7, 11) is 0. The Kier molecular flexibility index (Phi) is 4.27. The SMILES string of the molecule is C=CC(C)(C)c1cc2ccc(O)c(CC=C(C)C)c2oc1=O. The van der Waals surface area contributed by atoms with E-state index in [2.05, 4.69) is 6.58 Å². The van der Waals surface area contributed by atoms with E-state index in [1.807, 2.05) is 39.8 Å². The van der Waals surface area contributed by atoms with Crippen molar-refractivity contribution in [1.82, 2.24) is 0 Å². The second-order valence-corrected chi connectivity index (χ2v) is 6.34. The van der Waals surface area contributed by atoms with E-state index in [-0.39, 0.29) is 11.4 Å². The van der Waals surface area contributed by atoms with E-state index in [9.17, 15) is 9.90 Å². The number of phenolic OH excluding ortho intramolecular Hbond substituents is 1. The lowest BCUT2D eigenvalue weighted by atomic mass is 9.85. The summed E-state index contributed by atoms with van der Waals surface area (Å²) in [5.41, 5.74) is 1.94. The Morgan fingerprint density at radius 2 is 2.05 bits per heavy atom. The van der Waals surface area contributed by atoms with Crippen LogP contribution in [0.3, 0.4) is 0 Å². The summed E-state index contributed by atoms with van der Waals surface area (Å²) in [6.07, 6.45) is 4.25. The number of phenols is 1. The van der Waals surface area contributed by atoms with Crippen LogP contribution in [0.4, 0.5) is 0 Å². The van der Waals surface area contributed by atoms with Crippen LogP contribution in [-0.2, 0) is 11.8 Å². The van der Waals surface area contributed by atoms with Crippen molar-refractivity contribution in [3.8, 4) is 5.75 Å². The van der Waals surface area contributed by atoms with Crippen LogP contribution in [0.25, 0.3) is 11.0 Å². The zero-order valence-corrected chi connectivity index (χ0v) is 13.6. The highest BCUT2D eigenvalue weighted by molar-refractivity contribution is 5.83. The van der Waals surface area contributed by atoms with Gasteiger partial charge in [0, 0.05) is 21.9 Å². The standard InChI is InChI=1S/C19H22O3/c1-6-19(4,5)15-11-13-8-10-16(20)14(9-7-12(2)3)17(13)22-18(15)21/h6-8,10-11,20H,1,9H2,2-5H3. The molecule has 3 heteroatoms. The maximum Gasteiger partial charge on any atom is 0.340 e. The molecular formula is C19H22O3. The minimum atomic E-state index is -0.466. The van der Waals surface area contributed by atoms with Gasteiger partial charge in [0.25, 0.3) is 0 Å². The molecule has 1 aromatic carbocycles. The van der Waals surface area contributed by atoms with Gasteiger partial charge in [0.1, 0.15) is 11.3 Å². The van der Waals surface area contributed by atoms with Crippen LogP contribution >= 0.6 is 0 Å². The minimum absolute atomic E-state index is 0.142. The Hall–Kier alpha value is -2.29. The highest BCUT2D eigenvalue weighted by Crippen LogP contribution is 2.30. The molecule has 1 aromatic heterocycles. The van der Waals surface area contributed by atoms with Crippen LogP contribution in [0.5, 0.6) is 5.75 Å². The molecule has 0 unspecified atom stereocenters. The number of hydrogen-bond donors (Lipinski definition) is 1. The highest BCUT2D eigenvalue weighted by atomic mass is 16.4. The maximum atomic E-state index is 12.3. The Labute approximate surface area is 130 Å². The van der Waals surface area contributed by atoms with Crippen LogP contribution in [-0.4, -0.2) is 5.11 Å². The zero-order chi connectivity index (χ0) is 16.5. The van der Waals surface area contributed by atoms with Gasteiger partial charge in [-0.05, 0) is 38.5 Å². The van der Waals surface area contributed by atoms with Crippen LogP contribution in [0.15, 0.2) is 51.7 Å². The Morgan fingerprint density at radius 1 is 1.36 bits per heavy atom. The Balaban J connectivity index is 2.72. The Morgan fingerprint density at radius 3 is 2.64 bits per heavy atom. The lowest BCUT2D eigenvalue weighted by Gasteiger charge is -2.19. The van der Waals surface area contributed by atoms with Crippen LogP contribution in [0.2, 0.25) is 0 Å². The first-order valence-electron chi connectivity index (χ1n) is 7.32. The third kappa shape index (κ3) is 2.98. The Bertz CT molecular complexity index is 803. The van der Waals surface area contributed by atoms with Gasteiger partial charge in [0.2, 0.25) is 0 Å². The number of hydrogen-bond acceptors (Lipinski definition) is 3. The monoisotopic (exact) mass is 298 g/mol. The van der Waals surface area contributed by atoms with Crippen molar-refractivity contribution in [2.75, 3.05) is 0 Å². The van der Waals surface area contributed by atoms with Crippen molar-refractivity contribution < 1.29 is 9.52 Å². The van der Waals surface area contributed by atoms with Crippen LogP contribution in [0.1, 0.15) is 38.8 Å². The normalized spacial score (nSPS) is 11.5. The van der Waals surface area contributed by atoms with Crippen LogP contribution in [0, 0.1) is 0 Å². The molecule has 0 fully saturated rings. The van der Waals surface area contributed by atoms with Crippen molar-refractivity contribution in [2.45, 2.75) is 39.5 Å². The molecule has 1 heterocycles. The third-order valence-electron chi connectivity index (χ3n) is 3.90.